The highest BCUT2D eigenvalue weighted by Gasteiger charge is 2.31. The molecule has 6 nitrogen and oxygen atoms in total. The number of anilines is 1. The third-order valence-corrected chi connectivity index (χ3v) is 7.22. The van der Waals surface area contributed by atoms with Gasteiger partial charge in [-0.05, 0) is 35.6 Å². The van der Waals surface area contributed by atoms with E-state index in [1.165, 1.54) is 6.08 Å². The maximum Gasteiger partial charge on any atom is 0.322 e. The van der Waals surface area contributed by atoms with E-state index in [9.17, 15) is 18.3 Å². The lowest BCUT2D eigenvalue weighted by atomic mass is 9.94. The van der Waals surface area contributed by atoms with Gasteiger partial charge >= 0.3 is 5.97 Å². The van der Waals surface area contributed by atoms with Crippen molar-refractivity contribution in [3.63, 3.8) is 0 Å². The molecule has 0 aromatic heterocycles. The van der Waals surface area contributed by atoms with Gasteiger partial charge in [0.25, 0.3) is 0 Å². The minimum absolute atomic E-state index is 0.0238. The number of sulfonamides is 1. The zero-order valence-corrected chi connectivity index (χ0v) is 17.8. The number of nitrogen functional groups attached to an aromatic ring is 1. The number of benzene rings is 2. The standard InChI is InChI=1S/C21H24N2O4S2/c1-15(17-8-4-3-5-9-17)20(21(24)25)23-29(26,27)19(28-2)10-6-7-16-11-13-18(22)14-12-16/h3-15,20,23H,22H2,1-2H3,(H,24,25)/b7-6+,19-10+. The van der Waals surface area contributed by atoms with Crippen molar-refractivity contribution in [1.29, 1.82) is 0 Å². The van der Waals surface area contributed by atoms with Crippen molar-refractivity contribution in [2.75, 3.05) is 12.0 Å². The fraction of sp³-hybridized carbons (Fsp3) is 0.190. The van der Waals surface area contributed by atoms with Crippen LogP contribution < -0.4 is 10.5 Å². The van der Waals surface area contributed by atoms with E-state index >= 15 is 0 Å². The monoisotopic (exact) mass is 432 g/mol. The van der Waals surface area contributed by atoms with Crippen molar-refractivity contribution < 1.29 is 18.3 Å². The highest BCUT2D eigenvalue weighted by Crippen LogP contribution is 2.24. The van der Waals surface area contributed by atoms with Gasteiger partial charge in [-0.2, -0.15) is 4.72 Å². The Morgan fingerprint density at radius 1 is 1.14 bits per heavy atom. The average Bonchev–Trinajstić information content (AvgIpc) is 2.70. The molecule has 0 aliphatic rings. The second-order valence-corrected chi connectivity index (χ2v) is 9.14. The SMILES string of the molecule is CS/C(=C\C=C\c1ccc(N)cc1)S(=O)(=O)NC(C(=O)O)C(C)c1ccccc1. The second-order valence-electron chi connectivity index (χ2n) is 6.35. The summed E-state index contributed by atoms with van der Waals surface area (Å²) in [6.45, 7) is 1.68. The summed E-state index contributed by atoms with van der Waals surface area (Å²) in [6, 6.07) is 14.8. The van der Waals surface area contributed by atoms with Crippen LogP contribution in [0.15, 0.2) is 71.0 Å². The van der Waals surface area contributed by atoms with E-state index in [0.717, 1.165) is 22.9 Å². The molecule has 2 aromatic carbocycles. The molecule has 2 atom stereocenters. The Hall–Kier alpha value is -2.55. The summed E-state index contributed by atoms with van der Waals surface area (Å²) in [5, 5.41) is 9.59. The van der Waals surface area contributed by atoms with Crippen LogP contribution in [0.1, 0.15) is 24.0 Å². The van der Waals surface area contributed by atoms with Gasteiger partial charge in [0.15, 0.2) is 0 Å². The van der Waals surface area contributed by atoms with Gasteiger partial charge in [0.2, 0.25) is 10.0 Å². The fourth-order valence-corrected chi connectivity index (χ4v) is 4.90. The molecule has 0 aliphatic carbocycles. The molecule has 2 rings (SSSR count). The molecule has 4 N–H and O–H groups in total. The lowest BCUT2D eigenvalue weighted by Crippen LogP contribution is -2.44. The molecule has 154 valence electrons. The van der Waals surface area contributed by atoms with Crippen LogP contribution in [0, 0.1) is 0 Å². The van der Waals surface area contributed by atoms with Crippen molar-refractivity contribution in [3.05, 3.63) is 82.1 Å². The molecule has 0 heterocycles. The second kappa shape index (κ2) is 10.3. The summed E-state index contributed by atoms with van der Waals surface area (Å²) in [5.41, 5.74) is 7.88. The average molecular weight is 433 g/mol. The van der Waals surface area contributed by atoms with Gasteiger partial charge in [0, 0.05) is 11.6 Å². The third kappa shape index (κ3) is 6.49. The Bertz CT molecular complexity index is 985. The van der Waals surface area contributed by atoms with Crippen LogP contribution in [0.2, 0.25) is 0 Å². The van der Waals surface area contributed by atoms with E-state index in [1.807, 2.05) is 18.2 Å². The van der Waals surface area contributed by atoms with Gasteiger partial charge in [-0.25, -0.2) is 8.42 Å². The predicted octanol–water partition coefficient (Wildman–Crippen LogP) is 3.66. The highest BCUT2D eigenvalue weighted by atomic mass is 32.3. The van der Waals surface area contributed by atoms with Crippen LogP contribution in [-0.4, -0.2) is 31.8 Å². The number of hydrogen-bond donors (Lipinski definition) is 3. The number of hydrogen-bond acceptors (Lipinski definition) is 5. The Kier molecular flexibility index (Phi) is 8.07. The molecule has 29 heavy (non-hydrogen) atoms. The molecular formula is C21H24N2O4S2. The summed E-state index contributed by atoms with van der Waals surface area (Å²) in [6.07, 6.45) is 6.41. The number of nitrogens with two attached hydrogens (primary N) is 1. The number of rotatable bonds is 9. The number of thioether (sulfide) groups is 1. The molecule has 0 spiro atoms. The van der Waals surface area contributed by atoms with Crippen molar-refractivity contribution in [2.24, 2.45) is 0 Å². The lowest BCUT2D eigenvalue weighted by molar-refractivity contribution is -0.139. The van der Waals surface area contributed by atoms with Crippen LogP contribution in [0.4, 0.5) is 5.69 Å². The summed E-state index contributed by atoms with van der Waals surface area (Å²) in [4.78, 5) is 11.8. The Labute approximate surface area is 175 Å². The third-order valence-electron chi connectivity index (χ3n) is 4.30. The smallest absolute Gasteiger partial charge is 0.322 e. The maximum atomic E-state index is 12.8. The number of carboxylic acid groups (broad SMARTS) is 1. The van der Waals surface area contributed by atoms with Crippen molar-refractivity contribution >= 4 is 39.5 Å². The number of nitrogens with one attached hydrogen (secondary N) is 1. The van der Waals surface area contributed by atoms with Crippen LogP contribution in [0.3, 0.4) is 0 Å². The van der Waals surface area contributed by atoms with Gasteiger partial charge in [-0.3, -0.25) is 4.79 Å². The lowest BCUT2D eigenvalue weighted by Gasteiger charge is -2.22. The molecule has 0 radical (unpaired) electrons. The fourth-order valence-electron chi connectivity index (χ4n) is 2.65. The quantitative estimate of drug-likeness (QED) is 0.412. The normalized spacial score (nSPS) is 14.6. The van der Waals surface area contributed by atoms with Crippen LogP contribution in [0.25, 0.3) is 6.08 Å². The van der Waals surface area contributed by atoms with Gasteiger partial charge < -0.3 is 10.8 Å². The van der Waals surface area contributed by atoms with E-state index in [1.54, 1.807) is 61.7 Å². The molecule has 0 bridgehead atoms. The molecule has 2 aromatic rings. The molecule has 0 saturated carbocycles. The van der Waals surface area contributed by atoms with E-state index < -0.39 is 28.0 Å². The van der Waals surface area contributed by atoms with Crippen molar-refractivity contribution in [2.45, 2.75) is 18.9 Å². The van der Waals surface area contributed by atoms with E-state index in [0.29, 0.717) is 5.69 Å². The van der Waals surface area contributed by atoms with Crippen LogP contribution >= 0.6 is 11.8 Å². The topological polar surface area (TPSA) is 109 Å². The number of aliphatic carboxylic acids is 1. The summed E-state index contributed by atoms with van der Waals surface area (Å²) >= 11 is 1.02. The maximum absolute atomic E-state index is 12.8. The van der Waals surface area contributed by atoms with Crippen molar-refractivity contribution in [1.82, 2.24) is 4.72 Å². The van der Waals surface area contributed by atoms with Crippen LogP contribution in [0.5, 0.6) is 0 Å². The van der Waals surface area contributed by atoms with Gasteiger partial charge in [0.05, 0.1) is 0 Å². The first-order valence-corrected chi connectivity index (χ1v) is 11.5. The molecule has 0 amide bonds. The molecule has 0 aliphatic heterocycles. The number of carboxylic acids is 1. The van der Waals surface area contributed by atoms with E-state index in [2.05, 4.69) is 4.72 Å². The van der Waals surface area contributed by atoms with E-state index in [4.69, 9.17) is 5.73 Å². The molecular weight excluding hydrogens is 408 g/mol. The van der Waals surface area contributed by atoms with Crippen molar-refractivity contribution in [3.8, 4) is 0 Å². The largest absolute Gasteiger partial charge is 0.480 e. The predicted molar refractivity (Wildman–Crippen MR) is 120 cm³/mol. The zero-order valence-electron chi connectivity index (χ0n) is 16.1. The first-order valence-electron chi connectivity index (χ1n) is 8.82. The summed E-state index contributed by atoms with van der Waals surface area (Å²) < 4.78 is 27.9. The molecule has 0 fully saturated rings. The van der Waals surface area contributed by atoms with Gasteiger partial charge in [-0.15, -0.1) is 11.8 Å². The molecule has 2 unspecified atom stereocenters. The number of carbonyl (C=O) groups is 1. The van der Waals surface area contributed by atoms with Gasteiger partial charge in [-0.1, -0.05) is 61.5 Å². The molecule has 0 saturated heterocycles. The highest BCUT2D eigenvalue weighted by molar-refractivity contribution is 8.17. The first kappa shape index (κ1) is 22.7. The Morgan fingerprint density at radius 3 is 2.31 bits per heavy atom. The van der Waals surface area contributed by atoms with E-state index in [-0.39, 0.29) is 4.24 Å². The Morgan fingerprint density at radius 2 is 1.76 bits per heavy atom. The summed E-state index contributed by atoms with van der Waals surface area (Å²) in [5.74, 6) is -1.78. The first-order chi connectivity index (χ1) is 13.7. The Balaban J connectivity index is 2.22. The molecule has 8 heteroatoms. The minimum Gasteiger partial charge on any atom is -0.480 e. The van der Waals surface area contributed by atoms with Crippen LogP contribution in [-0.2, 0) is 14.8 Å². The minimum atomic E-state index is -4.01. The summed E-state index contributed by atoms with van der Waals surface area (Å²) in [7, 11) is -4.01. The van der Waals surface area contributed by atoms with Gasteiger partial charge in [0.1, 0.15) is 10.3 Å². The zero-order chi connectivity index (χ0) is 21.4. The number of allylic oxidation sites excluding steroid dienone is 2.